The Balaban J connectivity index is 2.17. The Morgan fingerprint density at radius 3 is 1.98 bits per heavy atom. The first kappa shape index (κ1) is 35.0. The molecule has 3 aromatic rings. The number of nitrogens with zero attached hydrogens (tertiary/aromatic N) is 2. The number of rotatable bonds is 13. The van der Waals surface area contributed by atoms with Crippen LogP contribution in [-0.2, 0) is 26.2 Å². The topological polar surface area (TPSA) is 124 Å². The van der Waals surface area contributed by atoms with E-state index in [-0.39, 0.29) is 34.5 Å². The van der Waals surface area contributed by atoms with Crippen molar-refractivity contribution in [2.45, 2.75) is 57.6 Å². The van der Waals surface area contributed by atoms with Crippen LogP contribution < -0.4 is 28.6 Å². The summed E-state index contributed by atoms with van der Waals surface area (Å²) in [5, 5.41) is 2.92. The minimum Gasteiger partial charge on any atom is -0.497 e. The zero-order valence-electron chi connectivity index (χ0n) is 27.3. The predicted molar refractivity (Wildman–Crippen MR) is 173 cm³/mol. The van der Waals surface area contributed by atoms with Gasteiger partial charge in [-0.25, -0.2) is 8.42 Å². The van der Waals surface area contributed by atoms with Gasteiger partial charge in [-0.05, 0) is 64.4 Å². The van der Waals surface area contributed by atoms with Gasteiger partial charge in [-0.15, -0.1) is 0 Å². The SMILES string of the molecule is COc1ccc(OC)c(N(CC(=O)N(Cc2ccc(C)cc2)[C@H](C)C(=O)NC(C)(C)C)S(=O)(=O)c2ccc(OC)c(OC)c2)c1. The van der Waals surface area contributed by atoms with Crippen LogP contribution in [0.1, 0.15) is 38.8 Å². The fourth-order valence-electron chi connectivity index (χ4n) is 4.56. The number of anilines is 1. The average Bonchev–Trinajstić information content (AvgIpc) is 3.01. The van der Waals surface area contributed by atoms with Gasteiger partial charge in [-0.3, -0.25) is 13.9 Å². The summed E-state index contributed by atoms with van der Waals surface area (Å²) < 4.78 is 51.3. The second-order valence-corrected chi connectivity index (χ2v) is 13.4. The second-order valence-electron chi connectivity index (χ2n) is 11.5. The van der Waals surface area contributed by atoms with Crippen LogP contribution in [0.3, 0.4) is 0 Å². The van der Waals surface area contributed by atoms with Gasteiger partial charge in [0, 0.05) is 24.2 Å². The lowest BCUT2D eigenvalue weighted by Crippen LogP contribution is -2.54. The highest BCUT2D eigenvalue weighted by Gasteiger charge is 2.35. The minimum atomic E-state index is -4.44. The molecule has 0 spiro atoms. The molecule has 0 aliphatic carbocycles. The third-order valence-corrected chi connectivity index (χ3v) is 8.77. The quantitative estimate of drug-likeness (QED) is 0.288. The molecule has 0 heterocycles. The van der Waals surface area contributed by atoms with E-state index in [1.807, 2.05) is 52.0 Å². The Morgan fingerprint density at radius 2 is 1.42 bits per heavy atom. The molecular weight excluding hydrogens is 598 g/mol. The summed E-state index contributed by atoms with van der Waals surface area (Å²) >= 11 is 0. The van der Waals surface area contributed by atoms with Crippen molar-refractivity contribution in [2.24, 2.45) is 0 Å². The molecule has 3 aromatic carbocycles. The van der Waals surface area contributed by atoms with E-state index in [1.54, 1.807) is 19.1 Å². The van der Waals surface area contributed by atoms with Crippen molar-refractivity contribution >= 4 is 27.5 Å². The summed E-state index contributed by atoms with van der Waals surface area (Å²) in [7, 11) is 1.25. The van der Waals surface area contributed by atoms with Crippen LogP contribution in [0.5, 0.6) is 23.0 Å². The van der Waals surface area contributed by atoms with Gasteiger partial charge in [-0.2, -0.15) is 0 Å². The molecular formula is C33H43N3O8S. The highest BCUT2D eigenvalue weighted by Crippen LogP contribution is 2.37. The molecule has 0 radical (unpaired) electrons. The van der Waals surface area contributed by atoms with Crippen molar-refractivity contribution in [2.75, 3.05) is 39.3 Å². The number of amides is 2. The molecule has 0 fully saturated rings. The zero-order valence-corrected chi connectivity index (χ0v) is 28.2. The van der Waals surface area contributed by atoms with Crippen LogP contribution >= 0.6 is 0 Å². The molecule has 11 nitrogen and oxygen atoms in total. The van der Waals surface area contributed by atoms with Crippen molar-refractivity contribution in [3.63, 3.8) is 0 Å². The maximum atomic E-state index is 14.4. The number of carbonyl (C=O) groups is 2. The molecule has 0 aliphatic rings. The summed E-state index contributed by atoms with van der Waals surface area (Å²) in [4.78, 5) is 28.8. The van der Waals surface area contributed by atoms with E-state index in [1.165, 1.54) is 57.6 Å². The van der Waals surface area contributed by atoms with E-state index in [9.17, 15) is 18.0 Å². The fraction of sp³-hybridized carbons (Fsp3) is 0.394. The number of carbonyl (C=O) groups excluding carboxylic acids is 2. The summed E-state index contributed by atoms with van der Waals surface area (Å²) in [6.07, 6.45) is 0. The highest BCUT2D eigenvalue weighted by molar-refractivity contribution is 7.92. The van der Waals surface area contributed by atoms with Gasteiger partial charge < -0.3 is 29.2 Å². The lowest BCUT2D eigenvalue weighted by Gasteiger charge is -2.34. The summed E-state index contributed by atoms with van der Waals surface area (Å²) in [6, 6.07) is 15.4. The van der Waals surface area contributed by atoms with Gasteiger partial charge in [0.2, 0.25) is 11.8 Å². The van der Waals surface area contributed by atoms with Crippen molar-refractivity contribution in [3.05, 3.63) is 71.8 Å². The average molecular weight is 642 g/mol. The van der Waals surface area contributed by atoms with E-state index in [2.05, 4.69) is 5.32 Å². The normalized spacial score (nSPS) is 12.1. The number of ether oxygens (including phenoxy) is 4. The molecule has 1 N–H and O–H groups in total. The Labute approximate surface area is 266 Å². The summed E-state index contributed by atoms with van der Waals surface area (Å²) in [5.41, 5.74) is 1.33. The van der Waals surface area contributed by atoms with Gasteiger partial charge in [-0.1, -0.05) is 29.8 Å². The largest absolute Gasteiger partial charge is 0.497 e. The second kappa shape index (κ2) is 14.6. The number of methoxy groups -OCH3 is 4. The maximum absolute atomic E-state index is 14.4. The highest BCUT2D eigenvalue weighted by atomic mass is 32.2. The van der Waals surface area contributed by atoms with Crippen molar-refractivity contribution in [1.29, 1.82) is 0 Å². The van der Waals surface area contributed by atoms with Crippen molar-refractivity contribution < 1.29 is 37.0 Å². The molecule has 0 saturated carbocycles. The smallest absolute Gasteiger partial charge is 0.265 e. The molecule has 2 amide bonds. The number of benzene rings is 3. The van der Waals surface area contributed by atoms with Gasteiger partial charge in [0.1, 0.15) is 24.1 Å². The molecule has 1 atom stereocenters. The predicted octanol–water partition coefficient (Wildman–Crippen LogP) is 4.56. The van der Waals surface area contributed by atoms with Crippen molar-refractivity contribution in [1.82, 2.24) is 10.2 Å². The summed E-state index contributed by atoms with van der Waals surface area (Å²) in [6.45, 7) is 8.51. The monoisotopic (exact) mass is 641 g/mol. The molecule has 0 bridgehead atoms. The Hall–Kier alpha value is -4.45. The van der Waals surface area contributed by atoms with Gasteiger partial charge in [0.15, 0.2) is 11.5 Å². The molecule has 244 valence electrons. The summed E-state index contributed by atoms with van der Waals surface area (Å²) in [5.74, 6) is 0.0747. The van der Waals surface area contributed by atoms with E-state index >= 15 is 0 Å². The molecule has 45 heavy (non-hydrogen) atoms. The number of hydrogen-bond acceptors (Lipinski definition) is 8. The number of hydrogen-bond donors (Lipinski definition) is 1. The first-order valence-corrected chi connectivity index (χ1v) is 15.7. The van der Waals surface area contributed by atoms with E-state index in [4.69, 9.17) is 18.9 Å². The molecule has 0 unspecified atom stereocenters. The van der Waals surface area contributed by atoms with Gasteiger partial charge in [0.25, 0.3) is 10.0 Å². The number of sulfonamides is 1. The van der Waals surface area contributed by atoms with E-state index < -0.39 is 34.1 Å². The Morgan fingerprint density at radius 1 is 0.822 bits per heavy atom. The Kier molecular flexibility index (Phi) is 11.3. The Bertz CT molecular complexity index is 1600. The van der Waals surface area contributed by atoms with E-state index in [0.717, 1.165) is 15.4 Å². The van der Waals surface area contributed by atoms with E-state index in [0.29, 0.717) is 11.5 Å². The van der Waals surface area contributed by atoms with Crippen LogP contribution in [0.2, 0.25) is 0 Å². The first-order chi connectivity index (χ1) is 21.1. The first-order valence-electron chi connectivity index (χ1n) is 14.3. The molecule has 0 saturated heterocycles. The van der Waals surface area contributed by atoms with Gasteiger partial charge >= 0.3 is 0 Å². The van der Waals surface area contributed by atoms with Gasteiger partial charge in [0.05, 0.1) is 39.0 Å². The maximum Gasteiger partial charge on any atom is 0.265 e. The molecule has 0 aromatic heterocycles. The minimum absolute atomic E-state index is 0.0668. The van der Waals surface area contributed by atoms with Crippen LogP contribution in [0.25, 0.3) is 0 Å². The third kappa shape index (κ3) is 8.59. The number of aryl methyl sites for hydroxylation is 1. The molecule has 3 rings (SSSR count). The lowest BCUT2D eigenvalue weighted by molar-refractivity contribution is -0.140. The number of nitrogens with one attached hydrogen (secondary N) is 1. The van der Waals surface area contributed by atoms with Crippen LogP contribution in [0.4, 0.5) is 5.69 Å². The molecule has 12 heteroatoms. The van der Waals surface area contributed by atoms with Crippen LogP contribution in [0.15, 0.2) is 65.6 Å². The molecule has 0 aliphatic heterocycles. The fourth-order valence-corrected chi connectivity index (χ4v) is 5.99. The van der Waals surface area contributed by atoms with Crippen LogP contribution in [0, 0.1) is 6.92 Å². The zero-order chi connectivity index (χ0) is 33.5. The van der Waals surface area contributed by atoms with Crippen LogP contribution in [-0.4, -0.2) is 71.7 Å². The van der Waals surface area contributed by atoms with Crippen molar-refractivity contribution in [3.8, 4) is 23.0 Å². The third-order valence-electron chi connectivity index (χ3n) is 7.02. The lowest BCUT2D eigenvalue weighted by atomic mass is 10.1. The standard InChI is InChI=1S/C33H43N3O8S/c1-22-10-12-24(13-11-22)20-35(23(2)32(38)34-33(3,4)5)31(37)21-36(27-18-25(41-6)14-16-28(27)42-7)45(39,40)26-15-17-29(43-8)30(19-26)44-9/h10-19,23H,20-21H2,1-9H3,(H,34,38)/t23-/m1/s1.